The molecule has 0 bridgehead atoms. The highest BCUT2D eigenvalue weighted by Gasteiger charge is 2.32. The van der Waals surface area contributed by atoms with E-state index in [2.05, 4.69) is 11.9 Å². The number of halogens is 2. The van der Waals surface area contributed by atoms with E-state index in [0.29, 0.717) is 17.1 Å². The first-order valence-electron chi connectivity index (χ1n) is 10.1. The topological polar surface area (TPSA) is 78.8 Å². The molecular weight excluding hydrogens is 416 g/mol. The molecule has 5 nitrogen and oxygen atoms in total. The summed E-state index contributed by atoms with van der Waals surface area (Å²) in [7, 11) is 0. The zero-order chi connectivity index (χ0) is 23.5. The molecule has 2 atom stereocenters. The van der Waals surface area contributed by atoms with Gasteiger partial charge in [0.1, 0.15) is 11.5 Å². The van der Waals surface area contributed by atoms with Gasteiger partial charge in [-0.2, -0.15) is 8.78 Å². The molecule has 0 aliphatic carbocycles. The highest BCUT2D eigenvalue weighted by Crippen LogP contribution is 2.36. The molecular formula is C25H25F2NO4. The number of alkyl halides is 2. The monoisotopic (exact) mass is 441 g/mol. The van der Waals surface area contributed by atoms with Crippen molar-refractivity contribution in [1.82, 2.24) is 5.32 Å². The fourth-order valence-corrected chi connectivity index (χ4v) is 3.13. The molecule has 168 valence electrons. The lowest BCUT2D eigenvalue weighted by atomic mass is 10.0. The molecule has 0 aromatic heterocycles. The summed E-state index contributed by atoms with van der Waals surface area (Å²) in [6, 6.07) is 15.3. The van der Waals surface area contributed by atoms with Crippen LogP contribution < -0.4 is 10.1 Å². The molecule has 3 rings (SSSR count). The Bertz CT molecular complexity index is 1130. The Hall–Kier alpha value is -3.29. The van der Waals surface area contributed by atoms with E-state index in [1.54, 1.807) is 37.3 Å². The van der Waals surface area contributed by atoms with E-state index in [1.807, 2.05) is 6.07 Å². The number of nitrogens with one attached hydrogen (secondary N) is 1. The molecule has 32 heavy (non-hydrogen) atoms. The van der Waals surface area contributed by atoms with Gasteiger partial charge in [0.15, 0.2) is 0 Å². The van der Waals surface area contributed by atoms with Crippen LogP contribution in [0.15, 0.2) is 72.8 Å². The van der Waals surface area contributed by atoms with Crippen molar-refractivity contribution in [3.05, 3.63) is 83.9 Å². The van der Waals surface area contributed by atoms with Gasteiger partial charge in [0.05, 0.1) is 18.8 Å². The minimum Gasteiger partial charge on any atom is -0.457 e. The summed E-state index contributed by atoms with van der Waals surface area (Å²) in [4.78, 5) is 12.5. The Morgan fingerprint density at radius 1 is 1.16 bits per heavy atom. The van der Waals surface area contributed by atoms with Gasteiger partial charge in [0, 0.05) is 16.5 Å². The second-order valence-corrected chi connectivity index (χ2v) is 7.69. The number of ether oxygens (including phenoxy) is 1. The molecule has 0 aliphatic rings. The van der Waals surface area contributed by atoms with Crippen molar-refractivity contribution in [2.45, 2.75) is 31.9 Å². The van der Waals surface area contributed by atoms with Gasteiger partial charge >= 0.3 is 0 Å². The van der Waals surface area contributed by atoms with E-state index in [-0.39, 0.29) is 17.0 Å². The minimum atomic E-state index is -3.11. The lowest BCUT2D eigenvalue weighted by Gasteiger charge is -2.18. The molecule has 3 N–H and O–H groups in total. The molecule has 7 heteroatoms. The number of benzene rings is 3. The Kier molecular flexibility index (Phi) is 6.91. The summed E-state index contributed by atoms with van der Waals surface area (Å²) in [6.07, 6.45) is -1.05. The van der Waals surface area contributed by atoms with Crippen molar-refractivity contribution in [2.75, 3.05) is 6.61 Å². The van der Waals surface area contributed by atoms with E-state index in [1.165, 1.54) is 31.2 Å². The zero-order valence-electron chi connectivity index (χ0n) is 17.8. The average Bonchev–Trinajstić information content (AvgIpc) is 2.78. The quantitative estimate of drug-likeness (QED) is 0.440. The Labute approximate surface area is 185 Å². The van der Waals surface area contributed by atoms with Gasteiger partial charge in [-0.15, -0.1) is 0 Å². The number of carbonyl (C=O) groups excluding carboxylic acids is 1. The van der Waals surface area contributed by atoms with Crippen LogP contribution in [-0.2, 0) is 5.92 Å². The number of carbonyl (C=O) groups is 1. The number of aliphatic hydroxyl groups is 2. The minimum absolute atomic E-state index is 0.161. The van der Waals surface area contributed by atoms with Gasteiger partial charge < -0.3 is 20.3 Å². The van der Waals surface area contributed by atoms with E-state index in [9.17, 15) is 18.7 Å². The third-order valence-electron chi connectivity index (χ3n) is 5.21. The molecule has 0 heterocycles. The number of allylic oxidation sites excluding steroid dienone is 1. The first-order chi connectivity index (χ1) is 15.1. The second-order valence-electron chi connectivity index (χ2n) is 7.69. The van der Waals surface area contributed by atoms with Gasteiger partial charge in [-0.25, -0.2) is 0 Å². The summed E-state index contributed by atoms with van der Waals surface area (Å²) >= 11 is 0. The van der Waals surface area contributed by atoms with Crippen LogP contribution in [0.1, 0.15) is 29.8 Å². The fraction of sp³-hybridized carbons (Fsp3) is 0.240. The Morgan fingerprint density at radius 3 is 2.47 bits per heavy atom. The summed E-state index contributed by atoms with van der Waals surface area (Å²) in [5, 5.41) is 22.8. The van der Waals surface area contributed by atoms with Crippen LogP contribution >= 0.6 is 0 Å². The molecule has 0 radical (unpaired) electrons. The summed E-state index contributed by atoms with van der Waals surface area (Å²) in [6.45, 7) is 5.77. The van der Waals surface area contributed by atoms with Crippen LogP contribution in [0.5, 0.6) is 11.5 Å². The molecule has 3 aromatic carbocycles. The number of hydrogen-bond donors (Lipinski definition) is 3. The maximum absolute atomic E-state index is 14.1. The van der Waals surface area contributed by atoms with Crippen LogP contribution in [0.25, 0.3) is 10.8 Å². The van der Waals surface area contributed by atoms with E-state index in [0.717, 1.165) is 10.8 Å². The van der Waals surface area contributed by atoms with Gasteiger partial charge in [-0.1, -0.05) is 18.7 Å². The van der Waals surface area contributed by atoms with Gasteiger partial charge in [-0.3, -0.25) is 4.79 Å². The second kappa shape index (κ2) is 9.46. The summed E-state index contributed by atoms with van der Waals surface area (Å²) in [5.41, 5.74) is -0.00943. The van der Waals surface area contributed by atoms with Crippen molar-refractivity contribution < 1.29 is 28.5 Å². The predicted octanol–water partition coefficient (Wildman–Crippen LogP) is 4.77. The molecule has 0 spiro atoms. The Balaban J connectivity index is 1.82. The van der Waals surface area contributed by atoms with Gasteiger partial charge in [0.2, 0.25) is 0 Å². The first kappa shape index (κ1) is 23.4. The molecule has 0 unspecified atom stereocenters. The number of aliphatic hydroxyl groups excluding tert-OH is 2. The highest BCUT2D eigenvalue weighted by atomic mass is 19.3. The summed E-state index contributed by atoms with van der Waals surface area (Å²) < 4.78 is 34.1. The van der Waals surface area contributed by atoms with Crippen molar-refractivity contribution in [1.29, 1.82) is 0 Å². The third-order valence-corrected chi connectivity index (χ3v) is 5.21. The number of amides is 1. The van der Waals surface area contributed by atoms with Crippen molar-refractivity contribution >= 4 is 16.7 Å². The van der Waals surface area contributed by atoms with E-state index < -0.39 is 24.7 Å². The van der Waals surface area contributed by atoms with Crippen molar-refractivity contribution in [3.63, 3.8) is 0 Å². The molecule has 0 saturated carbocycles. The van der Waals surface area contributed by atoms with E-state index in [4.69, 9.17) is 9.84 Å². The lowest BCUT2D eigenvalue weighted by molar-refractivity contribution is 0.0385. The normalized spacial score (nSPS) is 13.4. The first-order valence-corrected chi connectivity index (χ1v) is 10.1. The SMILES string of the molecule is C=C(C)C(F)(F)c1ccc(Oc2cccc3cc(C(=O)N[C@H](C)[C@H](O)CO)ccc23)cc1. The molecule has 0 fully saturated rings. The smallest absolute Gasteiger partial charge is 0.294 e. The fourth-order valence-electron chi connectivity index (χ4n) is 3.13. The molecule has 0 aliphatic heterocycles. The highest BCUT2D eigenvalue weighted by molar-refractivity contribution is 6.00. The number of hydrogen-bond acceptors (Lipinski definition) is 4. The van der Waals surface area contributed by atoms with Gasteiger partial charge in [0.25, 0.3) is 11.8 Å². The molecule has 3 aromatic rings. The van der Waals surface area contributed by atoms with Crippen LogP contribution in [0, 0.1) is 0 Å². The standard InChI is InChI=1S/C25H25F2NO4/c1-15(2)25(26,27)19-8-10-20(11-9-19)32-23-6-4-5-17-13-18(7-12-21(17)23)24(31)28-16(3)22(30)14-29/h4-13,16,22,29-30H,1,14H2,2-3H3,(H,28,31)/t16-,22-/m1/s1. The predicted molar refractivity (Wildman–Crippen MR) is 119 cm³/mol. The lowest BCUT2D eigenvalue weighted by Crippen LogP contribution is -2.42. The molecule has 1 amide bonds. The molecule has 0 saturated heterocycles. The van der Waals surface area contributed by atoms with Crippen LogP contribution in [0.2, 0.25) is 0 Å². The van der Waals surface area contributed by atoms with Gasteiger partial charge in [-0.05, 0) is 73.3 Å². The zero-order valence-corrected chi connectivity index (χ0v) is 17.8. The van der Waals surface area contributed by atoms with Crippen molar-refractivity contribution in [3.8, 4) is 11.5 Å². The van der Waals surface area contributed by atoms with Crippen LogP contribution in [-0.4, -0.2) is 34.9 Å². The van der Waals surface area contributed by atoms with E-state index >= 15 is 0 Å². The van der Waals surface area contributed by atoms with Crippen LogP contribution in [0.3, 0.4) is 0 Å². The largest absolute Gasteiger partial charge is 0.457 e. The summed E-state index contributed by atoms with van der Waals surface area (Å²) in [5.74, 6) is -2.59. The third kappa shape index (κ3) is 4.95. The number of rotatable bonds is 8. The Morgan fingerprint density at radius 2 is 1.84 bits per heavy atom. The maximum Gasteiger partial charge on any atom is 0.294 e. The number of fused-ring (bicyclic) bond motifs is 1. The van der Waals surface area contributed by atoms with Crippen LogP contribution in [0.4, 0.5) is 8.78 Å². The maximum atomic E-state index is 14.1. The average molecular weight is 441 g/mol. The van der Waals surface area contributed by atoms with Crippen molar-refractivity contribution in [2.24, 2.45) is 0 Å².